The van der Waals surface area contributed by atoms with Gasteiger partial charge < -0.3 is 15.2 Å². The van der Waals surface area contributed by atoms with E-state index in [1.165, 1.54) is 13.3 Å². The highest BCUT2D eigenvalue weighted by Gasteiger charge is 2.08. The second kappa shape index (κ2) is 5.92. The van der Waals surface area contributed by atoms with E-state index >= 15 is 0 Å². The summed E-state index contributed by atoms with van der Waals surface area (Å²) in [6.45, 7) is 0.704. The average molecular weight is 211 g/mol. The first-order valence-corrected chi connectivity index (χ1v) is 4.54. The Morgan fingerprint density at radius 2 is 2.47 bits per heavy atom. The molecule has 1 aromatic heterocycles. The van der Waals surface area contributed by atoms with Crippen molar-refractivity contribution in [2.75, 3.05) is 25.6 Å². The molecule has 0 spiro atoms. The van der Waals surface area contributed by atoms with Gasteiger partial charge in [0, 0.05) is 19.3 Å². The molecule has 0 saturated heterocycles. The molecule has 1 heterocycles. The van der Waals surface area contributed by atoms with Crippen molar-refractivity contribution in [2.24, 2.45) is 0 Å². The van der Waals surface area contributed by atoms with E-state index < -0.39 is 5.97 Å². The maximum Gasteiger partial charge on any atom is 0.376 e. The summed E-state index contributed by atoms with van der Waals surface area (Å²) >= 11 is 0. The van der Waals surface area contributed by atoms with E-state index in [2.05, 4.69) is 20.0 Å². The number of hydrogen-bond donors (Lipinski definition) is 2. The number of carbonyl (C=O) groups excluding carboxylic acids is 1. The van der Waals surface area contributed by atoms with E-state index in [9.17, 15) is 4.79 Å². The number of ether oxygens (including phenoxy) is 1. The normalized spacial score (nSPS) is 9.73. The van der Waals surface area contributed by atoms with Crippen molar-refractivity contribution in [2.45, 2.75) is 6.42 Å². The highest BCUT2D eigenvalue weighted by atomic mass is 16.5. The third kappa shape index (κ3) is 3.51. The Morgan fingerprint density at radius 3 is 3.13 bits per heavy atom. The highest BCUT2D eigenvalue weighted by Crippen LogP contribution is 2.02. The standard InChI is InChI=1S/C9H13N3O3/c1-15-9(14)8-11-5-3-7(12-8)10-4-2-6-13/h3,5,13H,2,4,6H2,1H3,(H,10,11,12). The average Bonchev–Trinajstić information content (AvgIpc) is 2.29. The molecule has 0 atom stereocenters. The maximum absolute atomic E-state index is 11.1. The fourth-order valence-electron chi connectivity index (χ4n) is 0.942. The lowest BCUT2D eigenvalue weighted by Gasteiger charge is -2.04. The molecule has 2 N–H and O–H groups in total. The van der Waals surface area contributed by atoms with Gasteiger partial charge in [-0.1, -0.05) is 0 Å². The molecule has 6 heteroatoms. The van der Waals surface area contributed by atoms with Crippen LogP contribution in [0.4, 0.5) is 5.82 Å². The molecule has 0 bridgehead atoms. The van der Waals surface area contributed by atoms with Crippen molar-refractivity contribution in [3.63, 3.8) is 0 Å². The summed E-state index contributed by atoms with van der Waals surface area (Å²) < 4.78 is 4.49. The summed E-state index contributed by atoms with van der Waals surface area (Å²) in [5.74, 6) is -0.00819. The fourth-order valence-corrected chi connectivity index (χ4v) is 0.942. The van der Waals surface area contributed by atoms with E-state index in [0.29, 0.717) is 18.8 Å². The zero-order chi connectivity index (χ0) is 11.1. The van der Waals surface area contributed by atoms with Crippen molar-refractivity contribution in [3.8, 4) is 0 Å². The number of aliphatic hydroxyl groups excluding tert-OH is 1. The number of nitrogens with one attached hydrogen (secondary N) is 1. The maximum atomic E-state index is 11.1. The molecule has 0 saturated carbocycles. The zero-order valence-electron chi connectivity index (χ0n) is 8.43. The number of carbonyl (C=O) groups is 1. The van der Waals surface area contributed by atoms with Crippen LogP contribution in [0, 0.1) is 0 Å². The monoisotopic (exact) mass is 211 g/mol. The van der Waals surface area contributed by atoms with Gasteiger partial charge in [0.1, 0.15) is 5.82 Å². The van der Waals surface area contributed by atoms with Crippen LogP contribution in [0.5, 0.6) is 0 Å². The van der Waals surface area contributed by atoms with Crippen molar-refractivity contribution < 1.29 is 14.6 Å². The van der Waals surface area contributed by atoms with Gasteiger partial charge in [-0.3, -0.25) is 0 Å². The second-order valence-electron chi connectivity index (χ2n) is 2.76. The molecule has 1 rings (SSSR count). The van der Waals surface area contributed by atoms with Gasteiger partial charge in [-0.2, -0.15) is 0 Å². The third-order valence-electron chi connectivity index (χ3n) is 1.66. The van der Waals surface area contributed by atoms with Crippen LogP contribution in [0.15, 0.2) is 12.3 Å². The van der Waals surface area contributed by atoms with Gasteiger partial charge >= 0.3 is 5.97 Å². The summed E-state index contributed by atoms with van der Waals surface area (Å²) in [6.07, 6.45) is 2.10. The molecule has 0 aliphatic carbocycles. The number of anilines is 1. The van der Waals surface area contributed by atoms with Gasteiger partial charge in [-0.25, -0.2) is 14.8 Å². The number of nitrogens with zero attached hydrogens (tertiary/aromatic N) is 2. The van der Waals surface area contributed by atoms with E-state index in [0.717, 1.165) is 0 Å². The minimum Gasteiger partial charge on any atom is -0.463 e. The Hall–Kier alpha value is -1.69. The number of aromatic nitrogens is 2. The van der Waals surface area contributed by atoms with Gasteiger partial charge in [0.15, 0.2) is 0 Å². The van der Waals surface area contributed by atoms with Gasteiger partial charge in [-0.15, -0.1) is 0 Å². The molecule has 0 aliphatic rings. The predicted molar refractivity (Wildman–Crippen MR) is 53.6 cm³/mol. The molecule has 0 fully saturated rings. The van der Waals surface area contributed by atoms with Gasteiger partial charge in [0.05, 0.1) is 7.11 Å². The summed E-state index contributed by atoms with van der Waals surface area (Å²) in [4.78, 5) is 18.8. The Morgan fingerprint density at radius 1 is 1.67 bits per heavy atom. The summed E-state index contributed by atoms with van der Waals surface area (Å²) in [5, 5.41) is 11.5. The number of esters is 1. The molecule has 1 aromatic rings. The Bertz CT molecular complexity index is 330. The van der Waals surface area contributed by atoms with E-state index in [1.54, 1.807) is 6.07 Å². The fraction of sp³-hybridized carbons (Fsp3) is 0.444. The van der Waals surface area contributed by atoms with Crippen LogP contribution in [0.1, 0.15) is 17.0 Å². The van der Waals surface area contributed by atoms with Crippen LogP contribution in [0.2, 0.25) is 0 Å². The molecule has 15 heavy (non-hydrogen) atoms. The highest BCUT2D eigenvalue weighted by molar-refractivity contribution is 5.85. The summed E-state index contributed by atoms with van der Waals surface area (Å²) in [5.41, 5.74) is 0. The lowest BCUT2D eigenvalue weighted by atomic mass is 10.4. The van der Waals surface area contributed by atoms with E-state index in [1.807, 2.05) is 0 Å². The topological polar surface area (TPSA) is 84.3 Å². The van der Waals surface area contributed by atoms with Crippen molar-refractivity contribution in [1.29, 1.82) is 0 Å². The zero-order valence-corrected chi connectivity index (χ0v) is 8.43. The molecule has 0 unspecified atom stereocenters. The lowest BCUT2D eigenvalue weighted by Crippen LogP contribution is -2.11. The quantitative estimate of drug-likeness (QED) is 0.529. The third-order valence-corrected chi connectivity index (χ3v) is 1.66. The molecule has 0 aromatic carbocycles. The van der Waals surface area contributed by atoms with E-state index in [4.69, 9.17) is 5.11 Å². The first kappa shape index (κ1) is 11.4. The van der Waals surface area contributed by atoms with Crippen LogP contribution in [0.25, 0.3) is 0 Å². The largest absolute Gasteiger partial charge is 0.463 e. The van der Waals surface area contributed by atoms with Gasteiger partial charge in [0.2, 0.25) is 5.82 Å². The lowest BCUT2D eigenvalue weighted by molar-refractivity contribution is 0.0587. The molecule has 0 aliphatic heterocycles. The molecular weight excluding hydrogens is 198 g/mol. The van der Waals surface area contributed by atoms with Crippen LogP contribution in [0.3, 0.4) is 0 Å². The number of aliphatic hydroxyl groups is 1. The van der Waals surface area contributed by atoms with Crippen LogP contribution in [-0.2, 0) is 4.74 Å². The van der Waals surface area contributed by atoms with Gasteiger partial charge in [0.25, 0.3) is 0 Å². The second-order valence-corrected chi connectivity index (χ2v) is 2.76. The number of rotatable bonds is 5. The van der Waals surface area contributed by atoms with Crippen molar-refractivity contribution in [1.82, 2.24) is 9.97 Å². The minimum atomic E-state index is -0.569. The van der Waals surface area contributed by atoms with Gasteiger partial charge in [-0.05, 0) is 12.5 Å². The van der Waals surface area contributed by atoms with Crippen LogP contribution in [-0.4, -0.2) is 41.3 Å². The predicted octanol–water partition coefficient (Wildman–Crippen LogP) is 0.0575. The first-order valence-electron chi connectivity index (χ1n) is 4.54. The number of hydrogen-bond acceptors (Lipinski definition) is 6. The smallest absolute Gasteiger partial charge is 0.376 e. The summed E-state index contributed by atoms with van der Waals surface area (Å²) in [7, 11) is 1.28. The molecular formula is C9H13N3O3. The van der Waals surface area contributed by atoms with Crippen LogP contribution >= 0.6 is 0 Å². The first-order chi connectivity index (χ1) is 7.27. The van der Waals surface area contributed by atoms with Crippen molar-refractivity contribution >= 4 is 11.8 Å². The SMILES string of the molecule is COC(=O)c1nccc(NCCCO)n1. The molecule has 6 nitrogen and oxygen atoms in total. The van der Waals surface area contributed by atoms with E-state index in [-0.39, 0.29) is 12.4 Å². The number of methoxy groups -OCH3 is 1. The molecule has 0 radical (unpaired) electrons. The summed E-state index contributed by atoms with van der Waals surface area (Å²) in [6, 6.07) is 1.64. The van der Waals surface area contributed by atoms with Crippen molar-refractivity contribution in [3.05, 3.63) is 18.1 Å². The minimum absolute atomic E-state index is 0.0199. The molecule has 0 amide bonds. The molecule has 82 valence electrons. The Labute approximate surface area is 87.3 Å². The Kier molecular flexibility index (Phi) is 4.49. The Balaban J connectivity index is 2.62. The van der Waals surface area contributed by atoms with Crippen LogP contribution < -0.4 is 5.32 Å².